The fourth-order valence-electron chi connectivity index (χ4n) is 3.35. The third-order valence-corrected chi connectivity index (χ3v) is 5.25. The molecule has 3 N–H and O–H groups in total. The van der Waals surface area contributed by atoms with Crippen molar-refractivity contribution in [3.8, 4) is 0 Å². The van der Waals surface area contributed by atoms with Crippen LogP contribution in [0.2, 0.25) is 0 Å². The molecular formula is C18H32N3O10. The van der Waals surface area contributed by atoms with Gasteiger partial charge in [0, 0.05) is 27.6 Å². The molecule has 13 nitrogen and oxygen atoms in total. The average molecular weight is 450 g/mol. The van der Waals surface area contributed by atoms with E-state index in [1.165, 1.54) is 6.92 Å². The SMILES string of the molecule is CCC(O)C(CC(O)C(CC(CC(O)CCCCCC[C]=O)[N+](=O)[O-])[N+](=O)[O-])[N+](=O)[O-]. The molecule has 0 aliphatic heterocycles. The first kappa shape index (κ1) is 28.8. The highest BCUT2D eigenvalue weighted by Crippen LogP contribution is 2.21. The molecule has 6 atom stereocenters. The Balaban J connectivity index is 4.94. The molecule has 0 amide bonds. The molecule has 0 aromatic carbocycles. The summed E-state index contributed by atoms with van der Waals surface area (Å²) in [4.78, 5) is 41.4. The molecule has 0 saturated carbocycles. The Morgan fingerprint density at radius 2 is 1.32 bits per heavy atom. The minimum absolute atomic E-state index is 0.00138. The second-order valence-corrected chi connectivity index (χ2v) is 7.65. The summed E-state index contributed by atoms with van der Waals surface area (Å²) >= 11 is 0. The quantitative estimate of drug-likeness (QED) is 0.145. The molecule has 0 rings (SSSR count). The van der Waals surface area contributed by atoms with Crippen LogP contribution in [0.15, 0.2) is 0 Å². The summed E-state index contributed by atoms with van der Waals surface area (Å²) in [6, 6.07) is -5.01. The number of nitrogens with zero attached hydrogens (tertiary/aromatic N) is 3. The van der Waals surface area contributed by atoms with Crippen LogP contribution in [0.3, 0.4) is 0 Å². The highest BCUT2D eigenvalue weighted by molar-refractivity contribution is 5.50. The summed E-state index contributed by atoms with van der Waals surface area (Å²) in [5, 5.41) is 63.8. The number of aliphatic hydroxyl groups is 3. The van der Waals surface area contributed by atoms with Gasteiger partial charge >= 0.3 is 0 Å². The predicted molar refractivity (Wildman–Crippen MR) is 108 cm³/mol. The van der Waals surface area contributed by atoms with E-state index < -0.39 is 64.0 Å². The van der Waals surface area contributed by atoms with E-state index in [1.807, 2.05) is 0 Å². The first-order valence-corrected chi connectivity index (χ1v) is 10.3. The Labute approximate surface area is 179 Å². The lowest BCUT2D eigenvalue weighted by atomic mass is 9.92. The number of hydrogen-bond donors (Lipinski definition) is 3. The average Bonchev–Trinajstić information content (AvgIpc) is 2.70. The van der Waals surface area contributed by atoms with E-state index in [4.69, 9.17) is 0 Å². The minimum atomic E-state index is -1.87. The maximum absolute atomic E-state index is 11.4. The fourth-order valence-corrected chi connectivity index (χ4v) is 3.35. The van der Waals surface area contributed by atoms with Crippen LogP contribution in [-0.4, -0.2) is 72.8 Å². The fraction of sp³-hybridized carbons (Fsp3) is 0.944. The molecule has 0 spiro atoms. The molecular weight excluding hydrogens is 418 g/mol. The van der Waals surface area contributed by atoms with Gasteiger partial charge in [0.25, 0.3) is 0 Å². The molecule has 13 heteroatoms. The maximum atomic E-state index is 11.4. The summed E-state index contributed by atoms with van der Waals surface area (Å²) in [6.45, 7) is 1.48. The van der Waals surface area contributed by atoms with Gasteiger partial charge in [-0.25, -0.2) is 0 Å². The molecule has 0 aromatic rings. The van der Waals surface area contributed by atoms with Crippen molar-refractivity contribution in [1.29, 1.82) is 0 Å². The van der Waals surface area contributed by atoms with Crippen molar-refractivity contribution in [1.82, 2.24) is 0 Å². The van der Waals surface area contributed by atoms with Crippen LogP contribution >= 0.6 is 0 Å². The Morgan fingerprint density at radius 1 is 0.774 bits per heavy atom. The number of hydrogen-bond acceptors (Lipinski definition) is 10. The smallest absolute Gasteiger partial charge is 0.245 e. The van der Waals surface area contributed by atoms with Crippen molar-refractivity contribution >= 4 is 6.29 Å². The van der Waals surface area contributed by atoms with Crippen LogP contribution in [0.5, 0.6) is 0 Å². The van der Waals surface area contributed by atoms with Crippen molar-refractivity contribution in [3.05, 3.63) is 30.3 Å². The van der Waals surface area contributed by atoms with E-state index in [2.05, 4.69) is 0 Å². The van der Waals surface area contributed by atoms with E-state index in [1.54, 1.807) is 6.29 Å². The van der Waals surface area contributed by atoms with E-state index >= 15 is 0 Å². The van der Waals surface area contributed by atoms with Gasteiger partial charge in [-0.3, -0.25) is 35.1 Å². The van der Waals surface area contributed by atoms with E-state index in [9.17, 15) is 50.5 Å². The molecule has 0 fully saturated rings. The Morgan fingerprint density at radius 3 is 1.81 bits per heavy atom. The van der Waals surface area contributed by atoms with Crippen LogP contribution in [0.1, 0.15) is 71.1 Å². The van der Waals surface area contributed by atoms with Gasteiger partial charge in [0.05, 0.1) is 18.9 Å². The normalized spacial score (nSPS) is 17.2. The zero-order valence-electron chi connectivity index (χ0n) is 17.6. The molecule has 179 valence electrons. The van der Waals surface area contributed by atoms with Gasteiger partial charge in [-0.05, 0) is 19.3 Å². The molecule has 31 heavy (non-hydrogen) atoms. The Kier molecular flexibility index (Phi) is 14.4. The molecule has 0 heterocycles. The third-order valence-electron chi connectivity index (χ3n) is 5.25. The van der Waals surface area contributed by atoms with Gasteiger partial charge in [-0.1, -0.05) is 26.2 Å². The Hall–Kier alpha value is -2.25. The minimum Gasteiger partial charge on any atom is -0.393 e. The highest BCUT2D eigenvalue weighted by Gasteiger charge is 2.42. The van der Waals surface area contributed by atoms with Crippen LogP contribution in [-0.2, 0) is 4.79 Å². The van der Waals surface area contributed by atoms with Crippen LogP contribution in [0, 0.1) is 30.3 Å². The van der Waals surface area contributed by atoms with Crippen LogP contribution < -0.4 is 0 Å². The zero-order valence-corrected chi connectivity index (χ0v) is 17.6. The molecule has 0 aliphatic carbocycles. The van der Waals surface area contributed by atoms with Crippen molar-refractivity contribution in [2.45, 2.75) is 108 Å². The Bertz CT molecular complexity index is 577. The second kappa shape index (κ2) is 15.5. The lowest BCUT2D eigenvalue weighted by Crippen LogP contribution is -2.44. The summed E-state index contributed by atoms with van der Waals surface area (Å²) < 4.78 is 0. The van der Waals surface area contributed by atoms with Gasteiger partial charge in [0.1, 0.15) is 12.2 Å². The lowest BCUT2D eigenvalue weighted by Gasteiger charge is -2.22. The molecule has 0 aromatic heterocycles. The van der Waals surface area contributed by atoms with Crippen molar-refractivity contribution < 1.29 is 34.9 Å². The first-order chi connectivity index (χ1) is 14.5. The largest absolute Gasteiger partial charge is 0.393 e. The van der Waals surface area contributed by atoms with Crippen LogP contribution in [0.25, 0.3) is 0 Å². The number of unbranched alkanes of at least 4 members (excludes halogenated alkanes) is 4. The number of carbonyl (C=O) groups excluding carboxylic acids is 1. The molecule has 0 saturated heterocycles. The van der Waals surface area contributed by atoms with Gasteiger partial charge in [0.15, 0.2) is 6.29 Å². The summed E-state index contributed by atoms with van der Waals surface area (Å²) in [7, 11) is 0. The van der Waals surface area contributed by atoms with E-state index in [0.717, 1.165) is 6.42 Å². The molecule has 0 bridgehead atoms. The van der Waals surface area contributed by atoms with Gasteiger partial charge in [-0.2, -0.15) is 0 Å². The van der Waals surface area contributed by atoms with Crippen LogP contribution in [0.4, 0.5) is 0 Å². The lowest BCUT2D eigenvalue weighted by molar-refractivity contribution is -0.574. The molecule has 1 radical (unpaired) electrons. The maximum Gasteiger partial charge on any atom is 0.245 e. The standard InChI is InChI=1S/C18H32N3O10/c1-2-17(24)16(21(30)31)12-18(25)15(20(28)29)11-13(19(26)27)10-14(23)8-6-4-3-5-7-9-22/h13-18,23-25H,2-8,10-12H2,1H3. The van der Waals surface area contributed by atoms with Crippen molar-refractivity contribution in [3.63, 3.8) is 0 Å². The highest BCUT2D eigenvalue weighted by atomic mass is 16.6. The molecule has 6 unspecified atom stereocenters. The molecule has 0 aliphatic rings. The van der Waals surface area contributed by atoms with E-state index in [-0.39, 0.29) is 19.3 Å². The number of aliphatic hydroxyl groups excluding tert-OH is 3. The monoisotopic (exact) mass is 450 g/mol. The zero-order chi connectivity index (χ0) is 24.0. The van der Waals surface area contributed by atoms with Gasteiger partial charge in [0.2, 0.25) is 18.1 Å². The second-order valence-electron chi connectivity index (χ2n) is 7.65. The predicted octanol–water partition coefficient (Wildman–Crippen LogP) is 1.04. The number of nitro groups is 3. The summed E-state index contributed by atoms with van der Waals surface area (Å²) in [5.74, 6) is 0. The first-order valence-electron chi connectivity index (χ1n) is 10.3. The van der Waals surface area contributed by atoms with Crippen molar-refractivity contribution in [2.75, 3.05) is 0 Å². The van der Waals surface area contributed by atoms with Crippen molar-refractivity contribution in [2.24, 2.45) is 0 Å². The topological polar surface area (TPSA) is 207 Å². The summed E-state index contributed by atoms with van der Waals surface area (Å²) in [6.07, 6.45) is -1.15. The van der Waals surface area contributed by atoms with Gasteiger partial charge < -0.3 is 15.3 Å². The number of rotatable bonds is 19. The van der Waals surface area contributed by atoms with Gasteiger partial charge in [-0.15, -0.1) is 0 Å². The third kappa shape index (κ3) is 11.6. The summed E-state index contributed by atoms with van der Waals surface area (Å²) in [5.41, 5.74) is 0. The van der Waals surface area contributed by atoms with E-state index in [0.29, 0.717) is 25.7 Å².